The van der Waals surface area contributed by atoms with Crippen molar-refractivity contribution in [2.45, 2.75) is 19.7 Å². The van der Waals surface area contributed by atoms with Gasteiger partial charge in [-0.25, -0.2) is 15.0 Å². The Balaban J connectivity index is 2.14. The summed E-state index contributed by atoms with van der Waals surface area (Å²) in [6, 6.07) is 9.32. The quantitative estimate of drug-likeness (QED) is 0.511. The van der Waals surface area contributed by atoms with Crippen molar-refractivity contribution in [1.29, 1.82) is 0 Å². The van der Waals surface area contributed by atoms with Crippen LogP contribution in [0.4, 0.5) is 19.1 Å². The van der Waals surface area contributed by atoms with E-state index in [1.54, 1.807) is 24.3 Å². The topological polar surface area (TPSA) is 111 Å². The normalized spacial score (nSPS) is 11.8. The minimum Gasteiger partial charge on any atom is -0.496 e. The lowest BCUT2D eigenvalue weighted by Crippen LogP contribution is -2.10. The Morgan fingerprint density at radius 2 is 1.87 bits per heavy atom. The number of benzene rings is 1. The lowest BCUT2D eigenvalue weighted by atomic mass is 9.98. The van der Waals surface area contributed by atoms with E-state index in [0.29, 0.717) is 11.3 Å². The highest BCUT2D eigenvalue weighted by Crippen LogP contribution is 2.40. The van der Waals surface area contributed by atoms with Crippen LogP contribution in [-0.4, -0.2) is 36.8 Å². The summed E-state index contributed by atoms with van der Waals surface area (Å²) in [6.07, 6.45) is -4.65. The van der Waals surface area contributed by atoms with Gasteiger partial charge in [-0.15, -0.1) is 5.10 Å². The zero-order valence-electron chi connectivity index (χ0n) is 16.5. The van der Waals surface area contributed by atoms with Gasteiger partial charge >= 0.3 is 6.18 Å². The van der Waals surface area contributed by atoms with Crippen LogP contribution in [0.5, 0.6) is 5.75 Å². The molecule has 0 spiro atoms. The predicted molar refractivity (Wildman–Crippen MR) is 106 cm³/mol. The molecule has 0 atom stereocenters. The number of pyridine rings is 1. The van der Waals surface area contributed by atoms with Gasteiger partial charge in [0.25, 0.3) is 0 Å². The van der Waals surface area contributed by atoms with Crippen LogP contribution in [0.3, 0.4) is 0 Å². The summed E-state index contributed by atoms with van der Waals surface area (Å²) in [5, 5.41) is 13.6. The molecule has 0 amide bonds. The molecule has 0 unspecified atom stereocenters. The van der Waals surface area contributed by atoms with Gasteiger partial charge in [0.05, 0.1) is 18.4 Å². The highest BCUT2D eigenvalue weighted by molar-refractivity contribution is 5.92. The Kier molecular flexibility index (Phi) is 4.97. The number of aliphatic hydroxyl groups is 1. The number of ether oxygens (including phenoxy) is 1. The average Bonchev–Trinajstić information content (AvgIpc) is 3.17. The highest BCUT2D eigenvalue weighted by Gasteiger charge is 2.34. The number of hydrogen-bond acceptors (Lipinski definition) is 7. The fourth-order valence-corrected chi connectivity index (χ4v) is 3.33. The summed E-state index contributed by atoms with van der Waals surface area (Å²) >= 11 is 0. The number of alkyl halides is 3. The van der Waals surface area contributed by atoms with Crippen LogP contribution in [-0.2, 0) is 12.8 Å². The van der Waals surface area contributed by atoms with Gasteiger partial charge in [0.15, 0.2) is 11.5 Å². The van der Waals surface area contributed by atoms with Crippen LogP contribution in [0, 0.1) is 6.92 Å². The molecule has 4 aromatic rings. The summed E-state index contributed by atoms with van der Waals surface area (Å²) in [7, 11) is 1.47. The standard InChI is InChI=1S/C20H17F3N6O2/c1-10-7-11(8-14(25-10)20(21,22)23)16-17(12-5-3-4-6-13(12)31-2)27-19(24)29-18(16)26-15(9-30)28-29/h3-8,30H,9H2,1-2H3,(H2,24,27). The van der Waals surface area contributed by atoms with Crippen molar-refractivity contribution < 1.29 is 23.0 Å². The number of anilines is 1. The number of nitrogens with two attached hydrogens (primary N) is 1. The van der Waals surface area contributed by atoms with Gasteiger partial charge in [0.1, 0.15) is 18.1 Å². The van der Waals surface area contributed by atoms with Crippen LogP contribution in [0.25, 0.3) is 28.0 Å². The number of fused-ring (bicyclic) bond motifs is 1. The van der Waals surface area contributed by atoms with E-state index in [1.165, 1.54) is 24.6 Å². The maximum absolute atomic E-state index is 13.5. The first kappa shape index (κ1) is 20.5. The van der Waals surface area contributed by atoms with Crippen LogP contribution in [0.1, 0.15) is 17.2 Å². The number of aryl methyl sites for hydroxylation is 1. The van der Waals surface area contributed by atoms with Crippen molar-refractivity contribution in [2.24, 2.45) is 0 Å². The van der Waals surface area contributed by atoms with Crippen molar-refractivity contribution in [2.75, 3.05) is 12.8 Å². The molecular weight excluding hydrogens is 413 g/mol. The minimum atomic E-state index is -4.65. The van der Waals surface area contributed by atoms with E-state index in [-0.39, 0.29) is 39.9 Å². The van der Waals surface area contributed by atoms with Gasteiger partial charge in [-0.05, 0) is 36.8 Å². The molecule has 1 aromatic carbocycles. The minimum absolute atomic E-state index is 0.0475. The van der Waals surface area contributed by atoms with Gasteiger partial charge in [0.2, 0.25) is 5.95 Å². The van der Waals surface area contributed by atoms with Gasteiger partial charge < -0.3 is 15.6 Å². The Hall–Kier alpha value is -3.73. The van der Waals surface area contributed by atoms with Crippen LogP contribution < -0.4 is 10.5 Å². The summed E-state index contributed by atoms with van der Waals surface area (Å²) in [5.41, 5.74) is 6.52. The Labute approximate surface area is 174 Å². The number of hydrogen-bond donors (Lipinski definition) is 2. The largest absolute Gasteiger partial charge is 0.496 e. The molecule has 0 aliphatic heterocycles. The third-order valence-corrected chi connectivity index (χ3v) is 4.59. The van der Waals surface area contributed by atoms with Gasteiger partial charge in [-0.1, -0.05) is 12.1 Å². The van der Waals surface area contributed by atoms with Gasteiger partial charge in [-0.2, -0.15) is 17.7 Å². The molecule has 0 saturated heterocycles. The molecule has 160 valence electrons. The zero-order chi connectivity index (χ0) is 22.3. The highest BCUT2D eigenvalue weighted by atomic mass is 19.4. The van der Waals surface area contributed by atoms with Crippen LogP contribution in [0.15, 0.2) is 36.4 Å². The number of nitrogens with zero attached hydrogens (tertiary/aromatic N) is 5. The third kappa shape index (κ3) is 3.63. The Bertz CT molecular complexity index is 1290. The number of methoxy groups -OCH3 is 1. The van der Waals surface area contributed by atoms with E-state index < -0.39 is 18.5 Å². The molecule has 31 heavy (non-hydrogen) atoms. The van der Waals surface area contributed by atoms with E-state index in [0.717, 1.165) is 6.07 Å². The smallest absolute Gasteiger partial charge is 0.433 e. The Morgan fingerprint density at radius 3 is 2.55 bits per heavy atom. The van der Waals surface area contributed by atoms with E-state index in [2.05, 4.69) is 20.1 Å². The first-order chi connectivity index (χ1) is 14.7. The van der Waals surface area contributed by atoms with Crippen LogP contribution in [0.2, 0.25) is 0 Å². The van der Waals surface area contributed by atoms with E-state index in [1.807, 2.05) is 0 Å². The lowest BCUT2D eigenvalue weighted by molar-refractivity contribution is -0.141. The molecule has 3 heterocycles. The maximum atomic E-state index is 13.5. The van der Waals surface area contributed by atoms with Crippen LogP contribution >= 0.6 is 0 Å². The monoisotopic (exact) mass is 430 g/mol. The molecule has 8 nitrogen and oxygen atoms in total. The predicted octanol–water partition coefficient (Wildman–Crippen LogP) is 3.26. The SMILES string of the molecule is COc1ccccc1-c1nc(N)n2nc(CO)nc2c1-c1cc(C)nc(C(F)(F)F)c1. The molecule has 11 heteroatoms. The first-order valence-electron chi connectivity index (χ1n) is 9.08. The molecule has 0 saturated carbocycles. The van der Waals surface area contributed by atoms with Crippen molar-refractivity contribution >= 4 is 11.6 Å². The van der Waals surface area contributed by atoms with Crippen molar-refractivity contribution in [1.82, 2.24) is 24.6 Å². The molecule has 0 aliphatic rings. The number of halogens is 3. The van der Waals surface area contributed by atoms with E-state index in [4.69, 9.17) is 10.5 Å². The molecule has 0 fully saturated rings. The maximum Gasteiger partial charge on any atom is 0.433 e. The molecule has 3 aromatic heterocycles. The van der Waals surface area contributed by atoms with Crippen molar-refractivity contribution in [3.63, 3.8) is 0 Å². The first-order valence-corrected chi connectivity index (χ1v) is 9.08. The van der Waals surface area contributed by atoms with Crippen molar-refractivity contribution in [3.05, 3.63) is 53.6 Å². The second-order valence-corrected chi connectivity index (χ2v) is 6.70. The second-order valence-electron chi connectivity index (χ2n) is 6.70. The summed E-state index contributed by atoms with van der Waals surface area (Å²) in [6.45, 7) is 0.986. The molecule has 4 rings (SSSR count). The van der Waals surface area contributed by atoms with E-state index in [9.17, 15) is 18.3 Å². The molecular formula is C20H17F3N6O2. The van der Waals surface area contributed by atoms with E-state index >= 15 is 0 Å². The lowest BCUT2D eigenvalue weighted by Gasteiger charge is -2.16. The third-order valence-electron chi connectivity index (χ3n) is 4.59. The number of aromatic nitrogens is 5. The van der Waals surface area contributed by atoms with Crippen molar-refractivity contribution in [3.8, 4) is 28.1 Å². The number of nitrogen functional groups attached to an aromatic ring is 1. The number of para-hydroxylation sites is 1. The van der Waals surface area contributed by atoms with Gasteiger partial charge in [0, 0.05) is 11.3 Å². The second kappa shape index (κ2) is 7.51. The molecule has 0 bridgehead atoms. The fourth-order valence-electron chi connectivity index (χ4n) is 3.33. The summed E-state index contributed by atoms with van der Waals surface area (Å²) < 4.78 is 47.0. The Morgan fingerprint density at radius 1 is 1.13 bits per heavy atom. The number of aliphatic hydroxyl groups excluding tert-OH is 1. The molecule has 3 N–H and O–H groups in total. The van der Waals surface area contributed by atoms with Gasteiger partial charge in [-0.3, -0.25) is 0 Å². The average molecular weight is 430 g/mol. The zero-order valence-corrected chi connectivity index (χ0v) is 16.5. The molecule has 0 aliphatic carbocycles. The number of rotatable bonds is 4. The summed E-state index contributed by atoms with van der Waals surface area (Å²) in [5.74, 6) is 0.450. The fraction of sp³-hybridized carbons (Fsp3) is 0.200. The molecule has 0 radical (unpaired) electrons. The summed E-state index contributed by atoms with van der Waals surface area (Å²) in [4.78, 5) is 12.3.